The zero-order valence-electron chi connectivity index (χ0n) is 13.1. The fourth-order valence-corrected chi connectivity index (χ4v) is 2.55. The van der Waals surface area contributed by atoms with E-state index in [1.54, 1.807) is 18.3 Å². The predicted octanol–water partition coefficient (Wildman–Crippen LogP) is 5.41. The summed E-state index contributed by atoms with van der Waals surface area (Å²) in [6.45, 7) is 0. The van der Waals surface area contributed by atoms with Gasteiger partial charge in [-0.15, -0.1) is 0 Å². The van der Waals surface area contributed by atoms with Crippen molar-refractivity contribution in [3.8, 4) is 17.2 Å². The van der Waals surface area contributed by atoms with Gasteiger partial charge in [-0.3, -0.25) is 4.99 Å². The van der Waals surface area contributed by atoms with Crippen molar-refractivity contribution < 1.29 is 0 Å². The smallest absolute Gasteiger partial charge is 0.0991 e. The Bertz CT molecular complexity index is 871. The summed E-state index contributed by atoms with van der Waals surface area (Å²) in [6.07, 6.45) is 1.80. The first-order chi connectivity index (χ1) is 11.8. The molecule has 0 aliphatic rings. The van der Waals surface area contributed by atoms with E-state index in [0.29, 0.717) is 5.56 Å². The molecule has 3 heteroatoms. The third kappa shape index (κ3) is 3.92. The topological polar surface area (TPSA) is 36.1 Å². The Hall–Kier alpha value is -2.83. The first kappa shape index (κ1) is 16.0. The average molecular weight is 328 g/mol. The van der Waals surface area contributed by atoms with Crippen molar-refractivity contribution in [2.24, 2.45) is 4.99 Å². The van der Waals surface area contributed by atoms with E-state index < -0.39 is 0 Å². The van der Waals surface area contributed by atoms with E-state index in [1.807, 2.05) is 24.3 Å². The third-order valence-corrected chi connectivity index (χ3v) is 4.10. The largest absolute Gasteiger partial charge is 0.256 e. The third-order valence-electron chi connectivity index (χ3n) is 3.74. The molecular weight excluding hydrogens is 312 g/mol. The molecule has 3 aromatic carbocycles. The van der Waals surface area contributed by atoms with Gasteiger partial charge in [-0.2, -0.15) is 17.9 Å². The van der Waals surface area contributed by atoms with E-state index in [2.05, 4.69) is 60.1 Å². The quantitative estimate of drug-likeness (QED) is 0.505. The van der Waals surface area contributed by atoms with E-state index in [1.165, 1.54) is 11.1 Å². The maximum atomic E-state index is 8.80. The van der Waals surface area contributed by atoms with Gasteiger partial charge in [-0.25, -0.2) is 0 Å². The maximum absolute atomic E-state index is 8.80. The molecule has 0 saturated heterocycles. The van der Waals surface area contributed by atoms with Gasteiger partial charge in [0.1, 0.15) is 0 Å². The van der Waals surface area contributed by atoms with Crippen LogP contribution >= 0.6 is 12.6 Å². The molecule has 0 bridgehead atoms. The molecule has 2 nitrogen and oxygen atoms in total. The van der Waals surface area contributed by atoms with Gasteiger partial charge in [-0.05, 0) is 46.5 Å². The number of hydrogen-bond acceptors (Lipinski definition) is 3. The molecular formula is C21H16N2S. The number of thiol groups is 1. The minimum Gasteiger partial charge on any atom is -0.256 e. The van der Waals surface area contributed by atoms with Crippen LogP contribution in [-0.2, 0) is 5.75 Å². The number of benzene rings is 3. The van der Waals surface area contributed by atoms with Gasteiger partial charge in [0.05, 0.1) is 17.3 Å². The summed E-state index contributed by atoms with van der Waals surface area (Å²) in [6, 6.07) is 26.0. The SMILES string of the molecule is N#Cc1ccc(C=Nc2ccc(-c3ccc(CS)cc3)cc2)cc1. The molecule has 0 unspecified atom stereocenters. The number of nitriles is 1. The molecule has 0 N–H and O–H groups in total. The van der Waals surface area contributed by atoms with Crippen LogP contribution in [0.25, 0.3) is 11.1 Å². The van der Waals surface area contributed by atoms with Crippen LogP contribution in [0.1, 0.15) is 16.7 Å². The number of rotatable bonds is 4. The standard InChI is InChI=1S/C21H16N2S/c22-13-16-1-3-17(4-2-16)14-23-21-11-9-20(10-12-21)19-7-5-18(15-24)6-8-19/h1-12,14,24H,15H2. The first-order valence-electron chi connectivity index (χ1n) is 7.63. The molecule has 0 amide bonds. The highest BCUT2D eigenvalue weighted by Gasteiger charge is 1.98. The van der Waals surface area contributed by atoms with Gasteiger partial charge < -0.3 is 0 Å². The lowest BCUT2D eigenvalue weighted by atomic mass is 10.0. The second-order valence-corrected chi connectivity index (χ2v) is 5.71. The molecule has 3 rings (SSSR count). The lowest BCUT2D eigenvalue weighted by Crippen LogP contribution is -1.82. The van der Waals surface area contributed by atoms with Crippen LogP contribution in [-0.4, -0.2) is 6.21 Å². The second kappa shape index (κ2) is 7.63. The molecule has 116 valence electrons. The summed E-state index contributed by atoms with van der Waals surface area (Å²) in [5.41, 5.74) is 6.09. The Labute approximate surface area is 147 Å². The molecule has 0 spiro atoms. The zero-order valence-corrected chi connectivity index (χ0v) is 13.9. The Morgan fingerprint density at radius 1 is 0.833 bits per heavy atom. The summed E-state index contributed by atoms with van der Waals surface area (Å²) in [5.74, 6) is 0.753. The van der Waals surface area contributed by atoms with Crippen molar-refractivity contribution in [2.45, 2.75) is 5.75 Å². The Morgan fingerprint density at radius 2 is 1.42 bits per heavy atom. The fourth-order valence-electron chi connectivity index (χ4n) is 2.34. The summed E-state index contributed by atoms with van der Waals surface area (Å²) in [4.78, 5) is 4.48. The van der Waals surface area contributed by atoms with Crippen molar-refractivity contribution in [1.29, 1.82) is 5.26 Å². The Balaban J connectivity index is 1.73. The zero-order chi connectivity index (χ0) is 16.8. The summed E-state index contributed by atoms with van der Waals surface area (Å²) in [7, 11) is 0. The highest BCUT2D eigenvalue weighted by molar-refractivity contribution is 7.79. The van der Waals surface area contributed by atoms with Crippen LogP contribution in [0.4, 0.5) is 5.69 Å². The van der Waals surface area contributed by atoms with E-state index in [-0.39, 0.29) is 0 Å². The van der Waals surface area contributed by atoms with Gasteiger partial charge in [0.2, 0.25) is 0 Å². The molecule has 3 aromatic rings. The van der Waals surface area contributed by atoms with Gasteiger partial charge >= 0.3 is 0 Å². The van der Waals surface area contributed by atoms with Crippen LogP contribution in [0.3, 0.4) is 0 Å². The molecule has 0 aliphatic carbocycles. The molecule has 0 aromatic heterocycles. The maximum Gasteiger partial charge on any atom is 0.0991 e. The normalized spacial score (nSPS) is 10.7. The van der Waals surface area contributed by atoms with Crippen molar-refractivity contribution in [2.75, 3.05) is 0 Å². The highest BCUT2D eigenvalue weighted by Crippen LogP contribution is 2.23. The van der Waals surface area contributed by atoms with Crippen molar-refractivity contribution in [1.82, 2.24) is 0 Å². The lowest BCUT2D eigenvalue weighted by Gasteiger charge is -2.03. The van der Waals surface area contributed by atoms with E-state index in [9.17, 15) is 0 Å². The van der Waals surface area contributed by atoms with E-state index >= 15 is 0 Å². The monoisotopic (exact) mass is 328 g/mol. The van der Waals surface area contributed by atoms with Crippen molar-refractivity contribution in [3.05, 3.63) is 89.5 Å². The molecule has 0 atom stereocenters. The summed E-state index contributed by atoms with van der Waals surface area (Å²) >= 11 is 4.28. The fraction of sp³-hybridized carbons (Fsp3) is 0.0476. The number of nitrogens with zero attached hydrogens (tertiary/aromatic N) is 2. The minimum atomic E-state index is 0.653. The van der Waals surface area contributed by atoms with Crippen molar-refractivity contribution in [3.63, 3.8) is 0 Å². The van der Waals surface area contributed by atoms with Gasteiger partial charge in [0.25, 0.3) is 0 Å². The number of hydrogen-bond donors (Lipinski definition) is 1. The second-order valence-electron chi connectivity index (χ2n) is 5.39. The number of aliphatic imine (C=N–C) groups is 1. The first-order valence-corrected chi connectivity index (χ1v) is 8.26. The molecule has 0 saturated carbocycles. The van der Waals surface area contributed by atoms with Crippen LogP contribution in [0.2, 0.25) is 0 Å². The van der Waals surface area contributed by atoms with Gasteiger partial charge in [0.15, 0.2) is 0 Å². The summed E-state index contributed by atoms with van der Waals surface area (Å²) in [5, 5.41) is 8.80. The van der Waals surface area contributed by atoms with Crippen LogP contribution in [0, 0.1) is 11.3 Å². The molecule has 0 radical (unpaired) electrons. The molecule has 24 heavy (non-hydrogen) atoms. The van der Waals surface area contributed by atoms with E-state index in [4.69, 9.17) is 5.26 Å². The molecule has 0 heterocycles. The Morgan fingerprint density at radius 3 is 1.96 bits per heavy atom. The van der Waals surface area contributed by atoms with Crippen LogP contribution in [0.5, 0.6) is 0 Å². The van der Waals surface area contributed by atoms with Crippen molar-refractivity contribution >= 4 is 24.5 Å². The lowest BCUT2D eigenvalue weighted by molar-refractivity contribution is 1.42. The van der Waals surface area contributed by atoms with Crippen LogP contribution < -0.4 is 0 Å². The Kier molecular flexibility index (Phi) is 5.10. The minimum absolute atomic E-state index is 0.653. The van der Waals surface area contributed by atoms with Gasteiger partial charge in [-0.1, -0.05) is 48.5 Å². The molecule has 0 aliphatic heterocycles. The highest BCUT2D eigenvalue weighted by atomic mass is 32.1. The van der Waals surface area contributed by atoms with E-state index in [0.717, 1.165) is 22.6 Å². The predicted molar refractivity (Wildman–Crippen MR) is 103 cm³/mol. The average Bonchev–Trinajstić information content (AvgIpc) is 2.67. The van der Waals surface area contributed by atoms with Crippen LogP contribution in [0.15, 0.2) is 77.8 Å². The molecule has 0 fully saturated rings. The summed E-state index contributed by atoms with van der Waals surface area (Å²) < 4.78 is 0. The van der Waals surface area contributed by atoms with Gasteiger partial charge in [0, 0.05) is 12.0 Å².